The molecule has 140 valence electrons. The summed E-state index contributed by atoms with van der Waals surface area (Å²) in [5.41, 5.74) is 7.78. The first-order valence-electron chi connectivity index (χ1n) is 9.90. The van der Waals surface area contributed by atoms with Crippen molar-refractivity contribution in [1.29, 1.82) is 0 Å². The molecule has 2 aliphatic heterocycles. The molecular weight excluding hydrogens is 314 g/mol. The summed E-state index contributed by atoms with van der Waals surface area (Å²) in [6.45, 7) is 8.19. The fourth-order valence-electron chi connectivity index (χ4n) is 3.69. The Hall–Kier alpha value is -1.46. The first-order valence-corrected chi connectivity index (χ1v) is 9.90. The topological polar surface area (TPSA) is 51.0 Å². The standard InChI is InChI=1S/C20H33N3O2/c21-18-7-8-19-20(17-18)25-16-13-23(19)11-5-2-6-14-24-15-12-22-9-3-1-4-10-22/h7-8,17H,1-6,9-16,21H2. The molecule has 0 amide bonds. The van der Waals surface area contributed by atoms with Crippen LogP contribution in [0.5, 0.6) is 5.75 Å². The monoisotopic (exact) mass is 347 g/mol. The van der Waals surface area contributed by atoms with E-state index in [1.165, 1.54) is 50.9 Å². The number of ether oxygens (including phenoxy) is 2. The third-order valence-corrected chi connectivity index (χ3v) is 5.16. The summed E-state index contributed by atoms with van der Waals surface area (Å²) >= 11 is 0. The molecule has 1 fully saturated rings. The third-order valence-electron chi connectivity index (χ3n) is 5.16. The van der Waals surface area contributed by atoms with E-state index in [4.69, 9.17) is 15.2 Å². The molecule has 0 radical (unpaired) electrons. The minimum Gasteiger partial charge on any atom is -0.489 e. The molecule has 0 aliphatic carbocycles. The molecule has 1 aromatic rings. The van der Waals surface area contributed by atoms with Crippen LogP contribution in [0.15, 0.2) is 18.2 Å². The number of nitrogens with zero attached hydrogens (tertiary/aromatic N) is 2. The van der Waals surface area contributed by atoms with Gasteiger partial charge in [0.15, 0.2) is 0 Å². The van der Waals surface area contributed by atoms with Gasteiger partial charge in [-0.1, -0.05) is 6.42 Å². The van der Waals surface area contributed by atoms with Crippen molar-refractivity contribution in [3.63, 3.8) is 0 Å². The maximum absolute atomic E-state index is 5.84. The van der Waals surface area contributed by atoms with Crippen LogP contribution in [0.3, 0.4) is 0 Å². The molecule has 0 atom stereocenters. The van der Waals surface area contributed by atoms with E-state index in [0.29, 0.717) is 0 Å². The van der Waals surface area contributed by atoms with Crippen molar-refractivity contribution in [3.05, 3.63) is 18.2 Å². The Morgan fingerprint density at radius 3 is 2.72 bits per heavy atom. The third kappa shape index (κ3) is 5.79. The second kappa shape index (κ2) is 9.88. The lowest BCUT2D eigenvalue weighted by Crippen LogP contribution is -2.33. The Balaban J connectivity index is 1.24. The summed E-state index contributed by atoms with van der Waals surface area (Å²) in [6, 6.07) is 5.96. The average molecular weight is 348 g/mol. The van der Waals surface area contributed by atoms with Crippen LogP contribution in [0.25, 0.3) is 0 Å². The molecule has 25 heavy (non-hydrogen) atoms. The number of benzene rings is 1. The van der Waals surface area contributed by atoms with Crippen LogP contribution in [-0.2, 0) is 4.74 Å². The van der Waals surface area contributed by atoms with Gasteiger partial charge in [-0.3, -0.25) is 0 Å². The van der Waals surface area contributed by atoms with Crippen LogP contribution in [-0.4, -0.2) is 57.4 Å². The molecule has 5 nitrogen and oxygen atoms in total. The van der Waals surface area contributed by atoms with Gasteiger partial charge in [-0.15, -0.1) is 0 Å². The summed E-state index contributed by atoms with van der Waals surface area (Å²) in [5, 5.41) is 0. The number of fused-ring (bicyclic) bond motifs is 1. The van der Waals surface area contributed by atoms with Crippen molar-refractivity contribution in [2.75, 3.05) is 63.2 Å². The van der Waals surface area contributed by atoms with Crippen molar-refractivity contribution in [2.45, 2.75) is 38.5 Å². The minimum atomic E-state index is 0.746. The number of nitrogens with two attached hydrogens (primary N) is 1. The molecule has 1 aromatic carbocycles. The molecule has 0 saturated carbocycles. The molecule has 1 saturated heterocycles. The zero-order valence-electron chi connectivity index (χ0n) is 15.4. The Morgan fingerprint density at radius 2 is 1.84 bits per heavy atom. The molecule has 0 unspecified atom stereocenters. The molecule has 0 spiro atoms. The van der Waals surface area contributed by atoms with E-state index in [-0.39, 0.29) is 0 Å². The van der Waals surface area contributed by atoms with Gasteiger partial charge in [0.2, 0.25) is 0 Å². The lowest BCUT2D eigenvalue weighted by Gasteiger charge is -2.31. The summed E-state index contributed by atoms with van der Waals surface area (Å²) in [7, 11) is 0. The van der Waals surface area contributed by atoms with Gasteiger partial charge in [-0.25, -0.2) is 0 Å². The predicted octanol–water partition coefficient (Wildman–Crippen LogP) is 3.14. The highest BCUT2D eigenvalue weighted by Gasteiger charge is 2.17. The Morgan fingerprint density at radius 1 is 0.960 bits per heavy atom. The van der Waals surface area contributed by atoms with Crippen LogP contribution in [0.4, 0.5) is 11.4 Å². The molecule has 2 N–H and O–H groups in total. The zero-order chi connectivity index (χ0) is 17.3. The van der Waals surface area contributed by atoms with Gasteiger partial charge in [-0.05, 0) is 57.3 Å². The van der Waals surface area contributed by atoms with E-state index in [1.807, 2.05) is 12.1 Å². The number of piperidine rings is 1. The molecule has 2 aliphatic rings. The molecule has 0 aromatic heterocycles. The Labute approximate surface area is 152 Å². The first-order chi connectivity index (χ1) is 12.3. The van der Waals surface area contributed by atoms with Crippen LogP contribution >= 0.6 is 0 Å². The number of hydrogen-bond acceptors (Lipinski definition) is 5. The van der Waals surface area contributed by atoms with Crippen LogP contribution in [0.2, 0.25) is 0 Å². The van der Waals surface area contributed by atoms with Gasteiger partial charge in [-0.2, -0.15) is 0 Å². The Bertz CT molecular complexity index is 518. The maximum atomic E-state index is 5.84. The van der Waals surface area contributed by atoms with Crippen molar-refractivity contribution in [3.8, 4) is 5.75 Å². The van der Waals surface area contributed by atoms with Crippen LogP contribution in [0, 0.1) is 0 Å². The van der Waals surface area contributed by atoms with Crippen molar-refractivity contribution in [2.24, 2.45) is 0 Å². The predicted molar refractivity (Wildman–Crippen MR) is 104 cm³/mol. The van der Waals surface area contributed by atoms with Crippen molar-refractivity contribution < 1.29 is 9.47 Å². The van der Waals surface area contributed by atoms with Crippen LogP contribution < -0.4 is 15.4 Å². The number of hydrogen-bond donors (Lipinski definition) is 1. The van der Waals surface area contributed by atoms with Crippen LogP contribution in [0.1, 0.15) is 38.5 Å². The summed E-state index contributed by atoms with van der Waals surface area (Å²) < 4.78 is 11.5. The van der Waals surface area contributed by atoms with Gasteiger partial charge in [0.25, 0.3) is 0 Å². The largest absolute Gasteiger partial charge is 0.489 e. The number of likely N-dealkylation sites (tertiary alicyclic amines) is 1. The number of anilines is 2. The number of rotatable bonds is 9. The molecule has 3 rings (SSSR count). The van der Waals surface area contributed by atoms with E-state index in [1.54, 1.807) is 0 Å². The normalized spacial score (nSPS) is 18.0. The highest BCUT2D eigenvalue weighted by molar-refractivity contribution is 5.64. The fraction of sp³-hybridized carbons (Fsp3) is 0.700. The lowest BCUT2D eigenvalue weighted by molar-refractivity contribution is 0.0939. The van der Waals surface area contributed by atoms with E-state index < -0.39 is 0 Å². The molecule has 0 bridgehead atoms. The van der Waals surface area contributed by atoms with Crippen molar-refractivity contribution in [1.82, 2.24) is 4.90 Å². The van der Waals surface area contributed by atoms with Gasteiger partial charge < -0.3 is 25.0 Å². The highest BCUT2D eigenvalue weighted by atomic mass is 16.5. The van der Waals surface area contributed by atoms with Crippen molar-refractivity contribution >= 4 is 11.4 Å². The zero-order valence-corrected chi connectivity index (χ0v) is 15.4. The van der Waals surface area contributed by atoms with E-state index in [0.717, 1.165) is 57.3 Å². The highest BCUT2D eigenvalue weighted by Crippen LogP contribution is 2.33. The van der Waals surface area contributed by atoms with Gasteiger partial charge in [0, 0.05) is 31.5 Å². The molecule has 2 heterocycles. The number of nitrogen functional groups attached to an aromatic ring is 1. The second-order valence-corrected chi connectivity index (χ2v) is 7.14. The van der Waals surface area contributed by atoms with Gasteiger partial charge in [0.05, 0.1) is 18.8 Å². The average Bonchev–Trinajstić information content (AvgIpc) is 2.64. The summed E-state index contributed by atoms with van der Waals surface area (Å²) in [6.07, 6.45) is 7.68. The Kier molecular flexibility index (Phi) is 7.24. The lowest BCUT2D eigenvalue weighted by atomic mass is 10.1. The van der Waals surface area contributed by atoms with E-state index >= 15 is 0 Å². The quantitative estimate of drug-likeness (QED) is 0.549. The number of unbranched alkanes of at least 4 members (excludes halogenated alkanes) is 2. The molecule has 5 heteroatoms. The smallest absolute Gasteiger partial charge is 0.144 e. The summed E-state index contributed by atoms with van der Waals surface area (Å²) in [4.78, 5) is 4.95. The van der Waals surface area contributed by atoms with Gasteiger partial charge in [0.1, 0.15) is 12.4 Å². The second-order valence-electron chi connectivity index (χ2n) is 7.14. The SMILES string of the molecule is Nc1ccc2c(c1)OCCN2CCCCCOCCN1CCCCC1. The minimum absolute atomic E-state index is 0.746. The van der Waals surface area contributed by atoms with E-state index in [2.05, 4.69) is 15.9 Å². The van der Waals surface area contributed by atoms with Gasteiger partial charge >= 0.3 is 0 Å². The molecular formula is C20H33N3O2. The maximum Gasteiger partial charge on any atom is 0.144 e. The fourth-order valence-corrected chi connectivity index (χ4v) is 3.69. The summed E-state index contributed by atoms with van der Waals surface area (Å²) in [5.74, 6) is 0.923. The van der Waals surface area contributed by atoms with E-state index in [9.17, 15) is 0 Å². The first kappa shape index (κ1) is 18.3.